The Kier molecular flexibility index (Phi) is 20.8. The molecule has 1 amide bonds. The average molecular weight is 744 g/mol. The average Bonchev–Trinajstić information content (AvgIpc) is 3.58. The molecule has 1 aliphatic heterocycles. The number of carboxylic acids is 1. The van der Waals surface area contributed by atoms with Gasteiger partial charge in [0.25, 0.3) is 0 Å². The highest BCUT2D eigenvalue weighted by molar-refractivity contribution is 5.93. The minimum atomic E-state index is -2.32. The van der Waals surface area contributed by atoms with Gasteiger partial charge in [0, 0.05) is 39.4 Å². The van der Waals surface area contributed by atoms with Crippen LogP contribution in [0.2, 0.25) is 0 Å². The Morgan fingerprint density at radius 2 is 1.60 bits per heavy atom. The fourth-order valence-electron chi connectivity index (χ4n) is 6.23. The molecule has 0 spiro atoms. The Morgan fingerprint density at radius 3 is 2.17 bits per heavy atom. The van der Waals surface area contributed by atoms with Gasteiger partial charge in [0.2, 0.25) is 5.91 Å². The van der Waals surface area contributed by atoms with E-state index in [0.29, 0.717) is 30.9 Å². The van der Waals surface area contributed by atoms with E-state index < -0.39 is 46.8 Å². The number of amides is 1. The molecule has 1 fully saturated rings. The molecule has 11 heteroatoms. The molecule has 11 nitrogen and oxygen atoms in total. The second-order valence-corrected chi connectivity index (χ2v) is 14.8. The maximum Gasteiger partial charge on any atom is 0.339 e. The summed E-state index contributed by atoms with van der Waals surface area (Å²) in [6.45, 7) is 10.4. The lowest BCUT2D eigenvalue weighted by Gasteiger charge is -2.34. The summed E-state index contributed by atoms with van der Waals surface area (Å²) in [5.74, 6) is 1.17. The normalized spacial score (nSPS) is 16.3. The molecule has 0 radical (unpaired) electrons. The molecule has 3 atom stereocenters. The van der Waals surface area contributed by atoms with Crippen molar-refractivity contribution in [2.45, 2.75) is 148 Å². The van der Waals surface area contributed by atoms with Gasteiger partial charge in [-0.05, 0) is 71.1 Å². The Hall–Kier alpha value is -3.43. The molecule has 1 heterocycles. The summed E-state index contributed by atoms with van der Waals surface area (Å²) in [6, 6.07) is 5.50. The zero-order valence-corrected chi connectivity index (χ0v) is 33.0. The van der Waals surface area contributed by atoms with Gasteiger partial charge in [0.1, 0.15) is 24.0 Å². The number of benzene rings is 1. The van der Waals surface area contributed by atoms with Crippen molar-refractivity contribution < 1.29 is 48.3 Å². The molecule has 0 bridgehead atoms. The van der Waals surface area contributed by atoms with Crippen LogP contribution in [0.3, 0.4) is 0 Å². The number of hydrogen-bond acceptors (Lipinski definition) is 9. The van der Waals surface area contributed by atoms with Crippen molar-refractivity contribution in [1.29, 1.82) is 0 Å². The van der Waals surface area contributed by atoms with E-state index in [1.807, 2.05) is 0 Å². The van der Waals surface area contributed by atoms with Crippen molar-refractivity contribution in [1.82, 2.24) is 5.32 Å². The van der Waals surface area contributed by atoms with Crippen molar-refractivity contribution in [2.24, 2.45) is 5.92 Å². The molecule has 0 aromatic heterocycles. The van der Waals surface area contributed by atoms with Crippen molar-refractivity contribution >= 4 is 17.8 Å². The summed E-state index contributed by atoms with van der Waals surface area (Å²) < 4.78 is 28.4. The fourth-order valence-corrected chi connectivity index (χ4v) is 6.23. The molecule has 1 aromatic rings. The third-order valence-electron chi connectivity index (χ3n) is 9.18. The summed E-state index contributed by atoms with van der Waals surface area (Å²) in [4.78, 5) is 39.8. The van der Waals surface area contributed by atoms with E-state index >= 15 is 0 Å². The molecular weight excluding hydrogens is 678 g/mol. The van der Waals surface area contributed by atoms with E-state index in [9.17, 15) is 24.6 Å². The Labute approximate surface area is 317 Å². The van der Waals surface area contributed by atoms with Crippen LogP contribution in [0.15, 0.2) is 36.4 Å². The SMILES string of the molecule is CC#CCOc1ccc(C[C@H](NC(=O)[C@@H](C=CCCCCCCC2(CCCCCCC)OCCO2)[C@@](O)(CCOC)C(=O)OC(C)(C)C)C(=O)O)cc1. The van der Waals surface area contributed by atoms with Gasteiger partial charge in [-0.1, -0.05) is 75.7 Å². The second kappa shape index (κ2) is 24.1. The van der Waals surface area contributed by atoms with Gasteiger partial charge in [0.15, 0.2) is 11.4 Å². The monoisotopic (exact) mass is 743 g/mol. The fraction of sp³-hybridized carbons (Fsp3) is 0.690. The molecular formula is C42H65NO10. The third-order valence-corrected chi connectivity index (χ3v) is 9.18. The number of aliphatic hydroxyl groups is 1. The van der Waals surface area contributed by atoms with Gasteiger partial charge in [-0.3, -0.25) is 4.79 Å². The van der Waals surface area contributed by atoms with Gasteiger partial charge in [-0.2, -0.15) is 0 Å². The van der Waals surface area contributed by atoms with E-state index in [4.69, 9.17) is 23.7 Å². The third kappa shape index (κ3) is 17.1. The lowest BCUT2D eigenvalue weighted by Crippen LogP contribution is -2.56. The van der Waals surface area contributed by atoms with Gasteiger partial charge >= 0.3 is 11.9 Å². The number of rotatable bonds is 26. The van der Waals surface area contributed by atoms with Crippen LogP contribution >= 0.6 is 0 Å². The van der Waals surface area contributed by atoms with Gasteiger partial charge in [-0.25, -0.2) is 9.59 Å². The van der Waals surface area contributed by atoms with E-state index in [-0.39, 0.29) is 26.1 Å². The predicted octanol–water partition coefficient (Wildman–Crippen LogP) is 6.93. The van der Waals surface area contributed by atoms with E-state index in [2.05, 4.69) is 24.1 Å². The van der Waals surface area contributed by atoms with Crippen molar-refractivity contribution in [3.05, 3.63) is 42.0 Å². The van der Waals surface area contributed by atoms with Crippen LogP contribution in [0.1, 0.15) is 124 Å². The maximum absolute atomic E-state index is 13.9. The first kappa shape index (κ1) is 45.7. The second-order valence-electron chi connectivity index (χ2n) is 14.8. The Morgan fingerprint density at radius 1 is 0.981 bits per heavy atom. The number of ether oxygens (including phenoxy) is 5. The molecule has 1 aliphatic rings. The van der Waals surface area contributed by atoms with E-state index in [1.54, 1.807) is 58.0 Å². The van der Waals surface area contributed by atoms with Crippen LogP contribution in [0.25, 0.3) is 0 Å². The number of nitrogens with one attached hydrogen (secondary N) is 1. The molecule has 0 saturated carbocycles. The number of carbonyl (C=O) groups is 3. The van der Waals surface area contributed by atoms with Gasteiger partial charge in [0.05, 0.1) is 19.1 Å². The Bertz CT molecular complexity index is 1320. The van der Waals surface area contributed by atoms with Crippen LogP contribution in [-0.2, 0) is 39.8 Å². The van der Waals surface area contributed by atoms with Gasteiger partial charge < -0.3 is 39.2 Å². The first-order valence-corrected chi connectivity index (χ1v) is 19.3. The maximum atomic E-state index is 13.9. The number of allylic oxidation sites excluding steroid dienone is 1. The molecule has 298 valence electrons. The molecule has 0 unspecified atom stereocenters. The first-order valence-electron chi connectivity index (χ1n) is 19.3. The highest BCUT2D eigenvalue weighted by atomic mass is 16.7. The summed E-state index contributed by atoms with van der Waals surface area (Å²) >= 11 is 0. The molecule has 3 N–H and O–H groups in total. The lowest BCUT2D eigenvalue weighted by atomic mass is 9.82. The quantitative estimate of drug-likeness (QED) is 0.0395. The highest BCUT2D eigenvalue weighted by Gasteiger charge is 2.49. The summed E-state index contributed by atoms with van der Waals surface area (Å²) in [6.07, 6.45) is 15.1. The van der Waals surface area contributed by atoms with Gasteiger partial charge in [-0.15, -0.1) is 5.92 Å². The number of esters is 1. The standard InChI is InChI=1S/C42H65NO10/c1-7-9-11-15-18-25-41(51-30-31-52-41)26-19-16-13-12-14-17-20-35(42(48,27-29-49-6)39(47)53-40(3,4)5)37(44)43-36(38(45)46)32-33-21-23-34(24-22-33)50-28-10-8-2/h17,20-24,35-36,48H,7,9,11-16,18-19,25-32H2,1-6H3,(H,43,44)(H,45,46)/t35-,36+,42+/m1/s1. The minimum absolute atomic E-state index is 0.0360. The molecule has 0 aliphatic carbocycles. The lowest BCUT2D eigenvalue weighted by molar-refractivity contribution is -0.185. The molecule has 1 saturated heterocycles. The summed E-state index contributed by atoms with van der Waals surface area (Å²) in [7, 11) is 1.43. The number of hydrogen-bond donors (Lipinski definition) is 3. The zero-order chi connectivity index (χ0) is 39.2. The van der Waals surface area contributed by atoms with Crippen molar-refractivity contribution in [2.75, 3.05) is 33.5 Å². The van der Waals surface area contributed by atoms with Crippen LogP contribution in [0.5, 0.6) is 5.75 Å². The largest absolute Gasteiger partial charge is 0.481 e. The zero-order valence-electron chi connectivity index (χ0n) is 33.0. The van der Waals surface area contributed by atoms with E-state index in [0.717, 1.165) is 44.9 Å². The van der Waals surface area contributed by atoms with Crippen LogP contribution in [0, 0.1) is 17.8 Å². The van der Waals surface area contributed by atoms with Crippen molar-refractivity contribution in [3.8, 4) is 17.6 Å². The van der Waals surface area contributed by atoms with Crippen LogP contribution in [-0.4, -0.2) is 84.6 Å². The number of carboxylic acid groups (broad SMARTS) is 1. The van der Waals surface area contributed by atoms with E-state index in [1.165, 1.54) is 38.9 Å². The number of methoxy groups -OCH3 is 1. The molecule has 2 rings (SSSR count). The number of aliphatic carboxylic acids is 1. The summed E-state index contributed by atoms with van der Waals surface area (Å²) in [5.41, 5.74) is -2.63. The number of carbonyl (C=O) groups excluding carboxylic acids is 2. The number of unbranched alkanes of at least 4 members (excludes halogenated alkanes) is 8. The Balaban J connectivity index is 2.13. The highest BCUT2D eigenvalue weighted by Crippen LogP contribution is 2.32. The smallest absolute Gasteiger partial charge is 0.339 e. The molecule has 53 heavy (non-hydrogen) atoms. The van der Waals surface area contributed by atoms with Crippen LogP contribution in [0.4, 0.5) is 0 Å². The topological polar surface area (TPSA) is 150 Å². The van der Waals surface area contributed by atoms with Crippen molar-refractivity contribution in [3.63, 3.8) is 0 Å². The predicted molar refractivity (Wildman–Crippen MR) is 204 cm³/mol. The summed E-state index contributed by atoms with van der Waals surface area (Å²) in [5, 5.41) is 24.6. The molecule has 1 aromatic carbocycles. The first-order chi connectivity index (χ1) is 25.3. The minimum Gasteiger partial charge on any atom is -0.481 e. The van der Waals surface area contributed by atoms with Crippen LogP contribution < -0.4 is 10.1 Å².